The summed E-state index contributed by atoms with van der Waals surface area (Å²) in [6, 6.07) is 0.138. The molecule has 2 heterocycles. The Kier molecular flexibility index (Phi) is 5.78. The number of carbonyl (C=O) groups excluding carboxylic acids is 2. The lowest BCUT2D eigenvalue weighted by atomic mass is 9.90. The molecule has 2 atom stereocenters. The van der Waals surface area contributed by atoms with E-state index >= 15 is 0 Å². The Hall–Kier alpha value is -1.80. The van der Waals surface area contributed by atoms with Crippen LogP contribution in [0.1, 0.15) is 47.8 Å². The standard InChI is InChI=1S/C20H26N4O2S2/c1-3-23(4-2)19(25)20(26)24(13-5-7-15-17(9-13)27-11-21-15)14-6-8-16-18(10-14)28-12-22-16/h11-14H,3-10H2,1-2H3. The van der Waals surface area contributed by atoms with Gasteiger partial charge in [-0.3, -0.25) is 9.59 Å². The molecule has 2 aliphatic carbocycles. The highest BCUT2D eigenvalue weighted by atomic mass is 32.1. The number of rotatable bonds is 4. The van der Waals surface area contributed by atoms with Crippen LogP contribution >= 0.6 is 22.7 Å². The number of aromatic nitrogens is 2. The van der Waals surface area contributed by atoms with Crippen molar-refractivity contribution in [2.45, 2.75) is 64.5 Å². The highest BCUT2D eigenvalue weighted by Crippen LogP contribution is 2.33. The van der Waals surface area contributed by atoms with E-state index in [1.807, 2.05) is 29.8 Å². The third-order valence-electron chi connectivity index (χ3n) is 5.98. The van der Waals surface area contributed by atoms with Crippen molar-refractivity contribution in [3.05, 3.63) is 32.2 Å². The van der Waals surface area contributed by atoms with Crippen LogP contribution in [0.2, 0.25) is 0 Å². The Morgan fingerprint density at radius 1 is 0.929 bits per heavy atom. The summed E-state index contributed by atoms with van der Waals surface area (Å²) >= 11 is 3.33. The predicted octanol–water partition coefficient (Wildman–Crippen LogP) is 2.71. The summed E-state index contributed by atoms with van der Waals surface area (Å²) in [6.45, 7) is 4.96. The van der Waals surface area contributed by atoms with Gasteiger partial charge in [-0.25, -0.2) is 9.97 Å². The minimum Gasteiger partial charge on any atom is -0.335 e. The summed E-state index contributed by atoms with van der Waals surface area (Å²) in [5.74, 6) is -0.699. The van der Waals surface area contributed by atoms with Gasteiger partial charge < -0.3 is 9.80 Å². The minimum atomic E-state index is -0.366. The molecule has 0 spiro atoms. The number of aryl methyl sites for hydroxylation is 2. The van der Waals surface area contributed by atoms with Gasteiger partial charge in [-0.05, 0) is 39.5 Å². The molecular formula is C20H26N4O2S2. The van der Waals surface area contributed by atoms with Crippen LogP contribution in [0.25, 0.3) is 0 Å². The molecule has 0 bridgehead atoms. The van der Waals surface area contributed by atoms with Crippen LogP contribution in [0, 0.1) is 0 Å². The molecule has 2 unspecified atom stereocenters. The number of hydrogen-bond donors (Lipinski definition) is 0. The van der Waals surface area contributed by atoms with Crippen LogP contribution in [0.15, 0.2) is 11.0 Å². The van der Waals surface area contributed by atoms with Crippen molar-refractivity contribution in [2.75, 3.05) is 13.1 Å². The highest BCUT2D eigenvalue weighted by molar-refractivity contribution is 7.10. The Morgan fingerprint density at radius 2 is 1.43 bits per heavy atom. The van der Waals surface area contributed by atoms with E-state index in [1.54, 1.807) is 27.6 Å². The molecule has 2 aliphatic rings. The van der Waals surface area contributed by atoms with Crippen molar-refractivity contribution < 1.29 is 9.59 Å². The predicted molar refractivity (Wildman–Crippen MR) is 111 cm³/mol. The normalized spacial score (nSPS) is 20.9. The zero-order valence-corrected chi connectivity index (χ0v) is 18.0. The molecule has 150 valence electrons. The maximum absolute atomic E-state index is 13.4. The van der Waals surface area contributed by atoms with E-state index in [0.717, 1.165) is 49.9 Å². The molecular weight excluding hydrogens is 392 g/mol. The second-order valence-electron chi connectivity index (χ2n) is 7.43. The zero-order valence-electron chi connectivity index (χ0n) is 16.4. The lowest BCUT2D eigenvalue weighted by Crippen LogP contribution is -2.56. The number of hydrogen-bond acceptors (Lipinski definition) is 6. The summed E-state index contributed by atoms with van der Waals surface area (Å²) in [5.41, 5.74) is 6.11. The molecule has 0 saturated heterocycles. The van der Waals surface area contributed by atoms with E-state index in [0.29, 0.717) is 13.1 Å². The maximum atomic E-state index is 13.4. The van der Waals surface area contributed by atoms with E-state index in [1.165, 1.54) is 9.75 Å². The molecule has 6 nitrogen and oxygen atoms in total. The van der Waals surface area contributed by atoms with Crippen LogP contribution in [0.4, 0.5) is 0 Å². The van der Waals surface area contributed by atoms with Crippen LogP contribution in [-0.2, 0) is 35.3 Å². The smallest absolute Gasteiger partial charge is 0.312 e. The fourth-order valence-corrected chi connectivity index (χ4v) is 6.20. The fraction of sp³-hybridized carbons (Fsp3) is 0.600. The van der Waals surface area contributed by atoms with E-state index in [4.69, 9.17) is 0 Å². The van der Waals surface area contributed by atoms with Gasteiger partial charge in [-0.15, -0.1) is 22.7 Å². The van der Waals surface area contributed by atoms with Gasteiger partial charge in [0.1, 0.15) is 0 Å². The molecule has 2 aromatic heterocycles. The number of thiazole rings is 2. The molecule has 0 aliphatic heterocycles. The first-order valence-electron chi connectivity index (χ1n) is 10.1. The quantitative estimate of drug-likeness (QED) is 0.716. The van der Waals surface area contributed by atoms with Gasteiger partial charge in [-0.1, -0.05) is 0 Å². The topological polar surface area (TPSA) is 66.4 Å². The number of amides is 2. The molecule has 8 heteroatoms. The molecule has 28 heavy (non-hydrogen) atoms. The summed E-state index contributed by atoms with van der Waals surface area (Å²) < 4.78 is 0. The van der Waals surface area contributed by atoms with Crippen molar-refractivity contribution >= 4 is 34.5 Å². The van der Waals surface area contributed by atoms with Gasteiger partial charge in [-0.2, -0.15) is 0 Å². The molecule has 4 rings (SSSR count). The second-order valence-corrected chi connectivity index (χ2v) is 9.31. The summed E-state index contributed by atoms with van der Waals surface area (Å²) in [5, 5.41) is 0. The monoisotopic (exact) mass is 418 g/mol. The third kappa shape index (κ3) is 3.59. The number of carbonyl (C=O) groups is 2. The van der Waals surface area contributed by atoms with Crippen molar-refractivity contribution in [1.29, 1.82) is 0 Å². The Labute approximate surface area is 173 Å². The molecule has 0 saturated carbocycles. The SMILES string of the molecule is CCN(CC)C(=O)C(=O)N(C1CCc2ncsc2C1)C1CCc2ncsc2C1. The van der Waals surface area contributed by atoms with E-state index in [9.17, 15) is 9.59 Å². The lowest BCUT2D eigenvalue weighted by Gasteiger charge is -2.41. The second kappa shape index (κ2) is 8.29. The Bertz CT molecular complexity index is 806. The lowest BCUT2D eigenvalue weighted by molar-refractivity contribution is -0.155. The fourth-order valence-electron chi connectivity index (χ4n) is 4.43. The number of fused-ring (bicyclic) bond motifs is 2. The molecule has 2 aromatic rings. The van der Waals surface area contributed by atoms with Crippen LogP contribution in [0.3, 0.4) is 0 Å². The van der Waals surface area contributed by atoms with Gasteiger partial charge in [0.05, 0.1) is 22.4 Å². The van der Waals surface area contributed by atoms with E-state index in [2.05, 4.69) is 9.97 Å². The molecule has 0 aromatic carbocycles. The van der Waals surface area contributed by atoms with Gasteiger partial charge in [0.2, 0.25) is 0 Å². The van der Waals surface area contributed by atoms with Crippen LogP contribution in [-0.4, -0.2) is 56.8 Å². The molecule has 0 radical (unpaired) electrons. The van der Waals surface area contributed by atoms with Crippen LogP contribution in [0.5, 0.6) is 0 Å². The van der Waals surface area contributed by atoms with Gasteiger partial charge in [0.15, 0.2) is 0 Å². The van der Waals surface area contributed by atoms with Gasteiger partial charge >= 0.3 is 11.8 Å². The number of likely N-dealkylation sites (N-methyl/N-ethyl adjacent to an activating group) is 1. The average molecular weight is 419 g/mol. The van der Waals surface area contributed by atoms with Crippen molar-refractivity contribution in [3.63, 3.8) is 0 Å². The zero-order chi connectivity index (χ0) is 19.7. The van der Waals surface area contributed by atoms with E-state index < -0.39 is 0 Å². The van der Waals surface area contributed by atoms with Crippen molar-refractivity contribution in [3.8, 4) is 0 Å². The van der Waals surface area contributed by atoms with E-state index in [-0.39, 0.29) is 23.9 Å². The first-order valence-corrected chi connectivity index (χ1v) is 11.8. The Balaban J connectivity index is 1.62. The summed E-state index contributed by atoms with van der Waals surface area (Å²) in [4.78, 5) is 41.4. The first-order chi connectivity index (χ1) is 13.6. The number of nitrogens with zero attached hydrogens (tertiary/aromatic N) is 4. The van der Waals surface area contributed by atoms with Crippen molar-refractivity contribution in [1.82, 2.24) is 19.8 Å². The molecule has 0 fully saturated rings. The highest BCUT2D eigenvalue weighted by Gasteiger charge is 2.39. The largest absolute Gasteiger partial charge is 0.335 e. The average Bonchev–Trinajstić information content (AvgIpc) is 3.37. The summed E-state index contributed by atoms with van der Waals surface area (Å²) in [6.07, 6.45) is 5.13. The van der Waals surface area contributed by atoms with Gasteiger partial charge in [0.25, 0.3) is 0 Å². The molecule has 2 amide bonds. The first kappa shape index (κ1) is 19.5. The van der Waals surface area contributed by atoms with Crippen LogP contribution < -0.4 is 0 Å². The van der Waals surface area contributed by atoms with Crippen molar-refractivity contribution in [2.24, 2.45) is 0 Å². The Morgan fingerprint density at radius 3 is 1.89 bits per heavy atom. The van der Waals surface area contributed by atoms with Gasteiger partial charge in [0, 0.05) is 47.8 Å². The maximum Gasteiger partial charge on any atom is 0.312 e. The minimum absolute atomic E-state index is 0.0689. The third-order valence-corrected chi connectivity index (χ3v) is 7.77. The summed E-state index contributed by atoms with van der Waals surface area (Å²) in [7, 11) is 0. The molecule has 0 N–H and O–H groups in total.